The van der Waals surface area contributed by atoms with Crippen molar-refractivity contribution < 1.29 is 14.0 Å². The lowest BCUT2D eigenvalue weighted by Crippen LogP contribution is -2.43. The molecule has 0 amide bonds. The van der Waals surface area contributed by atoms with E-state index in [1.165, 1.54) is 5.57 Å². The molecule has 0 bridgehead atoms. The Morgan fingerprint density at radius 2 is 1.66 bits per heavy atom. The first kappa shape index (κ1) is 27.9. The molecular weight excluding hydrogens is 376 g/mol. The smallest absolute Gasteiger partial charge is 0.333 e. The Bertz CT molecular complexity index is 565. The zero-order valence-corrected chi connectivity index (χ0v) is 21.6. The van der Waals surface area contributed by atoms with Gasteiger partial charge in [0.15, 0.2) is 8.32 Å². The standard InChI is InChI=1S/C25H46O3Si/c1-10-23(28-29(8,9)25(5,6)7)20-19-21(3)17-15-13-12-14-16-18-22(4)24(26)27-11-2/h15,17-19,23H,10-14,16,20H2,1-9H3/b17-15+,21-19+,22-18+/t23-/m1/s1. The summed E-state index contributed by atoms with van der Waals surface area (Å²) in [5.74, 6) is -0.198. The molecule has 0 saturated heterocycles. The SMILES string of the molecule is CCOC(=O)/C(C)=C/CCCC/C=C/C(C)=C/C[C@@H](CC)O[Si](C)(C)C(C)(C)C. The van der Waals surface area contributed by atoms with Gasteiger partial charge in [-0.1, -0.05) is 57.6 Å². The lowest BCUT2D eigenvalue weighted by Gasteiger charge is -2.39. The minimum atomic E-state index is -1.71. The van der Waals surface area contributed by atoms with Crippen LogP contribution in [0.4, 0.5) is 0 Å². The lowest BCUT2D eigenvalue weighted by molar-refractivity contribution is -0.138. The first-order valence-electron chi connectivity index (χ1n) is 11.3. The maximum absolute atomic E-state index is 11.5. The number of esters is 1. The van der Waals surface area contributed by atoms with Gasteiger partial charge in [-0.25, -0.2) is 4.79 Å². The van der Waals surface area contributed by atoms with Gasteiger partial charge in [0.05, 0.1) is 6.61 Å². The molecule has 0 aliphatic heterocycles. The van der Waals surface area contributed by atoms with Gasteiger partial charge < -0.3 is 9.16 Å². The summed E-state index contributed by atoms with van der Waals surface area (Å²) in [4.78, 5) is 11.5. The molecule has 0 N–H and O–H groups in total. The van der Waals surface area contributed by atoms with E-state index in [2.05, 4.69) is 65.9 Å². The van der Waals surface area contributed by atoms with Crippen molar-refractivity contribution in [3.63, 3.8) is 0 Å². The summed E-state index contributed by atoms with van der Waals surface area (Å²) in [7, 11) is -1.71. The van der Waals surface area contributed by atoms with Crippen molar-refractivity contribution >= 4 is 14.3 Å². The first-order valence-corrected chi connectivity index (χ1v) is 14.2. The predicted octanol–water partition coefficient (Wildman–Crippen LogP) is 7.75. The third-order valence-corrected chi connectivity index (χ3v) is 10.2. The Kier molecular flexibility index (Phi) is 13.4. The quantitative estimate of drug-likeness (QED) is 0.100. The number of hydrogen-bond donors (Lipinski definition) is 0. The molecule has 0 saturated carbocycles. The Hall–Kier alpha value is -1.13. The second-order valence-corrected chi connectivity index (χ2v) is 14.1. The van der Waals surface area contributed by atoms with Crippen LogP contribution in [0.1, 0.15) is 87.0 Å². The van der Waals surface area contributed by atoms with Crippen LogP contribution in [0.2, 0.25) is 18.1 Å². The van der Waals surface area contributed by atoms with Crippen LogP contribution in [0.5, 0.6) is 0 Å². The molecule has 0 spiro atoms. The summed E-state index contributed by atoms with van der Waals surface area (Å²) >= 11 is 0. The average molecular weight is 423 g/mol. The predicted molar refractivity (Wildman–Crippen MR) is 129 cm³/mol. The molecule has 0 aromatic carbocycles. The Morgan fingerprint density at radius 3 is 2.21 bits per heavy atom. The molecule has 0 aromatic rings. The fourth-order valence-electron chi connectivity index (χ4n) is 2.60. The fourth-order valence-corrected chi connectivity index (χ4v) is 4.05. The molecule has 0 radical (unpaired) electrons. The maximum Gasteiger partial charge on any atom is 0.333 e. The van der Waals surface area contributed by atoms with Gasteiger partial charge in [-0.3, -0.25) is 0 Å². The summed E-state index contributed by atoms with van der Waals surface area (Å²) in [5, 5.41) is 0.253. The van der Waals surface area contributed by atoms with Crippen LogP contribution in [-0.4, -0.2) is 27.0 Å². The van der Waals surface area contributed by atoms with Crippen molar-refractivity contribution in [3.8, 4) is 0 Å². The van der Waals surface area contributed by atoms with Crippen LogP contribution in [0.3, 0.4) is 0 Å². The van der Waals surface area contributed by atoms with E-state index in [4.69, 9.17) is 9.16 Å². The van der Waals surface area contributed by atoms with Crippen LogP contribution in [0.25, 0.3) is 0 Å². The summed E-state index contributed by atoms with van der Waals surface area (Å²) in [5.41, 5.74) is 2.02. The highest BCUT2D eigenvalue weighted by molar-refractivity contribution is 6.74. The number of carbonyl (C=O) groups excluding carboxylic acids is 1. The van der Waals surface area contributed by atoms with E-state index >= 15 is 0 Å². The maximum atomic E-state index is 11.5. The molecule has 29 heavy (non-hydrogen) atoms. The fraction of sp³-hybridized carbons (Fsp3) is 0.720. The van der Waals surface area contributed by atoms with E-state index in [1.807, 2.05) is 19.9 Å². The Labute approximate surface area is 181 Å². The van der Waals surface area contributed by atoms with Gasteiger partial charge in [-0.2, -0.15) is 0 Å². The molecule has 0 aliphatic rings. The summed E-state index contributed by atoms with van der Waals surface area (Å²) < 4.78 is 11.5. The molecule has 0 fully saturated rings. The van der Waals surface area contributed by atoms with Crippen molar-refractivity contribution in [1.82, 2.24) is 0 Å². The highest BCUT2D eigenvalue weighted by Crippen LogP contribution is 2.38. The number of hydrogen-bond acceptors (Lipinski definition) is 3. The third kappa shape index (κ3) is 12.2. The molecular formula is C25H46O3Si. The van der Waals surface area contributed by atoms with Crippen molar-refractivity contribution in [2.75, 3.05) is 6.61 Å². The van der Waals surface area contributed by atoms with E-state index in [-0.39, 0.29) is 11.0 Å². The van der Waals surface area contributed by atoms with E-state index in [1.54, 1.807) is 0 Å². The van der Waals surface area contributed by atoms with E-state index in [0.717, 1.165) is 38.5 Å². The van der Waals surface area contributed by atoms with Crippen LogP contribution in [0.15, 0.2) is 35.5 Å². The first-order chi connectivity index (χ1) is 13.4. The number of carbonyl (C=O) groups is 1. The second-order valence-electron chi connectivity index (χ2n) is 9.39. The second kappa shape index (κ2) is 14.0. The minimum Gasteiger partial charge on any atom is -0.463 e. The van der Waals surface area contributed by atoms with Crippen molar-refractivity contribution in [1.29, 1.82) is 0 Å². The van der Waals surface area contributed by atoms with Gasteiger partial charge in [0.25, 0.3) is 0 Å². The molecule has 0 aliphatic carbocycles. The van der Waals surface area contributed by atoms with Gasteiger partial charge in [-0.05, 0) is 77.4 Å². The van der Waals surface area contributed by atoms with Gasteiger partial charge in [0, 0.05) is 11.7 Å². The minimum absolute atomic E-state index is 0.198. The molecule has 168 valence electrons. The zero-order valence-electron chi connectivity index (χ0n) is 20.6. The van der Waals surface area contributed by atoms with Crippen molar-refractivity contribution in [2.45, 2.75) is 111 Å². The van der Waals surface area contributed by atoms with Gasteiger partial charge in [-0.15, -0.1) is 0 Å². The van der Waals surface area contributed by atoms with E-state index in [0.29, 0.717) is 18.3 Å². The van der Waals surface area contributed by atoms with E-state index in [9.17, 15) is 4.79 Å². The zero-order chi connectivity index (χ0) is 22.5. The third-order valence-electron chi connectivity index (χ3n) is 5.68. The number of rotatable bonds is 13. The van der Waals surface area contributed by atoms with Crippen molar-refractivity contribution in [3.05, 3.63) is 35.5 Å². The Balaban J connectivity index is 4.29. The van der Waals surface area contributed by atoms with Crippen LogP contribution in [-0.2, 0) is 14.0 Å². The van der Waals surface area contributed by atoms with Crippen LogP contribution < -0.4 is 0 Å². The largest absolute Gasteiger partial charge is 0.463 e. The van der Waals surface area contributed by atoms with Crippen LogP contribution >= 0.6 is 0 Å². The molecule has 1 atom stereocenters. The topological polar surface area (TPSA) is 35.5 Å². The highest BCUT2D eigenvalue weighted by Gasteiger charge is 2.38. The Morgan fingerprint density at radius 1 is 1.03 bits per heavy atom. The summed E-state index contributed by atoms with van der Waals surface area (Å²) in [6, 6.07) is 0. The molecule has 4 heteroatoms. The monoisotopic (exact) mass is 422 g/mol. The molecule has 0 aromatic heterocycles. The molecule has 0 rings (SSSR count). The average Bonchev–Trinajstić information content (AvgIpc) is 2.63. The number of allylic oxidation sites excluding steroid dienone is 4. The summed E-state index contributed by atoms with van der Waals surface area (Å²) in [6.45, 7) is 20.0. The van der Waals surface area contributed by atoms with Gasteiger partial charge in [0.2, 0.25) is 0 Å². The summed E-state index contributed by atoms with van der Waals surface area (Å²) in [6.07, 6.45) is 15.3. The van der Waals surface area contributed by atoms with Gasteiger partial charge >= 0.3 is 5.97 Å². The highest BCUT2D eigenvalue weighted by atomic mass is 28.4. The normalized spacial score (nSPS) is 15.1. The van der Waals surface area contributed by atoms with Gasteiger partial charge in [0.1, 0.15) is 0 Å². The number of ether oxygens (including phenoxy) is 1. The van der Waals surface area contributed by atoms with Crippen LogP contribution in [0, 0.1) is 0 Å². The molecule has 0 unspecified atom stereocenters. The number of unbranched alkanes of at least 4 members (excludes halogenated alkanes) is 3. The lowest BCUT2D eigenvalue weighted by atomic mass is 10.1. The van der Waals surface area contributed by atoms with E-state index < -0.39 is 8.32 Å². The molecule has 0 heterocycles. The van der Waals surface area contributed by atoms with Crippen molar-refractivity contribution in [2.24, 2.45) is 0 Å². The molecule has 3 nitrogen and oxygen atoms in total.